The first-order chi connectivity index (χ1) is 15.0. The van der Waals surface area contributed by atoms with Crippen LogP contribution >= 0.6 is 23.4 Å². The third-order valence-corrected chi connectivity index (χ3v) is 6.91. The Hall–Kier alpha value is -2.83. The number of aryl methyl sites for hydroxylation is 1. The molecule has 2 aromatic heterocycles. The molecule has 2 aromatic carbocycles. The summed E-state index contributed by atoms with van der Waals surface area (Å²) in [5.41, 5.74) is 4.73. The summed E-state index contributed by atoms with van der Waals surface area (Å²) in [5.74, 6) is -0.259. The number of ether oxygens (including phenoxy) is 1. The van der Waals surface area contributed by atoms with E-state index in [2.05, 4.69) is 28.3 Å². The summed E-state index contributed by atoms with van der Waals surface area (Å²) in [6, 6.07) is 16.0. The molecule has 2 heterocycles. The lowest BCUT2D eigenvalue weighted by Gasteiger charge is -2.12. The lowest BCUT2D eigenvalue weighted by Crippen LogP contribution is -2.17. The van der Waals surface area contributed by atoms with Gasteiger partial charge in [-0.1, -0.05) is 66.7 Å². The number of rotatable bonds is 6. The van der Waals surface area contributed by atoms with Crippen LogP contribution in [0.4, 0.5) is 0 Å². The van der Waals surface area contributed by atoms with Gasteiger partial charge in [-0.05, 0) is 36.6 Å². The van der Waals surface area contributed by atoms with E-state index in [0.717, 1.165) is 38.4 Å². The van der Waals surface area contributed by atoms with Gasteiger partial charge in [-0.15, -0.1) is 0 Å². The molecule has 4 aromatic rings. The van der Waals surface area contributed by atoms with Gasteiger partial charge in [-0.25, -0.2) is 9.97 Å². The number of halogens is 1. The summed E-state index contributed by atoms with van der Waals surface area (Å²) in [4.78, 5) is 21.4. The van der Waals surface area contributed by atoms with Gasteiger partial charge in [0.05, 0.1) is 12.5 Å². The maximum Gasteiger partial charge on any atom is 0.319 e. The van der Waals surface area contributed by atoms with Gasteiger partial charge in [-0.3, -0.25) is 4.79 Å². The van der Waals surface area contributed by atoms with Crippen LogP contribution in [0.3, 0.4) is 0 Å². The molecule has 1 atom stereocenters. The third-order valence-electron chi connectivity index (χ3n) is 5.16. The molecule has 0 amide bonds. The molecule has 0 unspecified atom stereocenters. The Morgan fingerprint density at radius 2 is 1.97 bits per heavy atom. The number of methoxy groups -OCH3 is 1. The topological polar surface area (TPSA) is 57.0 Å². The number of thioether (sulfide) groups is 1. The number of hydrogen-bond acceptors (Lipinski definition) is 5. The lowest BCUT2D eigenvalue weighted by atomic mass is 10.1. The molecule has 0 N–H and O–H groups in total. The first kappa shape index (κ1) is 21.4. The second-order valence-corrected chi connectivity index (χ2v) is 8.73. The molecule has 0 spiro atoms. The van der Waals surface area contributed by atoms with Crippen LogP contribution in [0.1, 0.15) is 18.9 Å². The second kappa shape index (κ2) is 9.12. The smallest absolute Gasteiger partial charge is 0.319 e. The zero-order chi connectivity index (χ0) is 22.0. The van der Waals surface area contributed by atoms with Crippen molar-refractivity contribution in [2.24, 2.45) is 0 Å². The fourth-order valence-electron chi connectivity index (χ4n) is 3.45. The molecule has 0 aliphatic rings. The summed E-state index contributed by atoms with van der Waals surface area (Å²) in [6.45, 7) is 3.94. The third kappa shape index (κ3) is 4.18. The van der Waals surface area contributed by atoms with E-state index in [1.807, 2.05) is 54.8 Å². The van der Waals surface area contributed by atoms with Crippen molar-refractivity contribution in [3.63, 3.8) is 0 Å². The fourth-order valence-corrected chi connectivity index (χ4v) is 4.68. The van der Waals surface area contributed by atoms with Crippen molar-refractivity contribution in [1.82, 2.24) is 14.5 Å². The molecule has 0 bridgehead atoms. The maximum atomic E-state index is 12.2. The van der Waals surface area contributed by atoms with Crippen LogP contribution in [0, 0.1) is 6.92 Å². The van der Waals surface area contributed by atoms with E-state index in [9.17, 15) is 4.79 Å². The standard InChI is InChI=1S/C24H22ClN3O2S/c1-4-20(24(29)30-3)31-23-21-18(16-8-6-5-7-9-16)13-28(22(21)26-14-27-23)17-11-10-15(2)19(25)12-17/h5-14,20H,4H2,1-3H3/t20-/m1/s1. The Balaban J connectivity index is 1.95. The van der Waals surface area contributed by atoms with E-state index in [1.54, 1.807) is 0 Å². The minimum atomic E-state index is -0.344. The number of aromatic nitrogens is 3. The number of fused-ring (bicyclic) bond motifs is 1. The van der Waals surface area contributed by atoms with Gasteiger partial charge >= 0.3 is 5.97 Å². The van der Waals surface area contributed by atoms with Crippen molar-refractivity contribution in [3.05, 3.63) is 71.6 Å². The zero-order valence-corrected chi connectivity index (χ0v) is 19.1. The largest absolute Gasteiger partial charge is 0.468 e. The highest BCUT2D eigenvalue weighted by Gasteiger charge is 2.24. The van der Waals surface area contributed by atoms with Crippen LogP contribution in [0.25, 0.3) is 27.8 Å². The van der Waals surface area contributed by atoms with Gasteiger partial charge in [0.2, 0.25) is 0 Å². The average Bonchev–Trinajstić information content (AvgIpc) is 3.20. The van der Waals surface area contributed by atoms with Crippen molar-refractivity contribution in [2.45, 2.75) is 30.5 Å². The Labute approximate surface area is 190 Å². The Morgan fingerprint density at radius 3 is 2.65 bits per heavy atom. The first-order valence-corrected chi connectivity index (χ1v) is 11.2. The summed E-state index contributed by atoms with van der Waals surface area (Å²) >= 11 is 7.82. The molecular weight excluding hydrogens is 430 g/mol. The molecule has 31 heavy (non-hydrogen) atoms. The number of carbonyl (C=O) groups excluding carboxylic acids is 1. The number of hydrogen-bond donors (Lipinski definition) is 0. The summed E-state index contributed by atoms with van der Waals surface area (Å²) in [5, 5.41) is 2.00. The monoisotopic (exact) mass is 451 g/mol. The average molecular weight is 452 g/mol. The molecule has 4 rings (SSSR count). The van der Waals surface area contributed by atoms with Crippen LogP contribution < -0.4 is 0 Å². The Morgan fingerprint density at radius 1 is 1.19 bits per heavy atom. The highest BCUT2D eigenvalue weighted by molar-refractivity contribution is 8.00. The molecule has 0 aliphatic carbocycles. The van der Waals surface area contributed by atoms with Gasteiger partial charge in [0, 0.05) is 22.5 Å². The molecule has 0 fully saturated rings. The van der Waals surface area contributed by atoms with Gasteiger partial charge in [0.25, 0.3) is 0 Å². The van der Waals surface area contributed by atoms with Gasteiger partial charge in [-0.2, -0.15) is 0 Å². The van der Waals surface area contributed by atoms with Crippen molar-refractivity contribution in [1.29, 1.82) is 0 Å². The second-order valence-electron chi connectivity index (χ2n) is 7.13. The summed E-state index contributed by atoms with van der Waals surface area (Å²) in [7, 11) is 1.41. The quantitative estimate of drug-likeness (QED) is 0.201. The van der Waals surface area contributed by atoms with Crippen LogP contribution in [-0.2, 0) is 9.53 Å². The van der Waals surface area contributed by atoms with E-state index < -0.39 is 0 Å². The van der Waals surface area contributed by atoms with E-state index >= 15 is 0 Å². The molecule has 0 radical (unpaired) electrons. The molecule has 5 nitrogen and oxygen atoms in total. The van der Waals surface area contributed by atoms with Crippen molar-refractivity contribution >= 4 is 40.4 Å². The molecule has 7 heteroatoms. The van der Waals surface area contributed by atoms with E-state index in [4.69, 9.17) is 16.3 Å². The van der Waals surface area contributed by atoms with Crippen LogP contribution in [0.5, 0.6) is 0 Å². The summed E-state index contributed by atoms with van der Waals surface area (Å²) < 4.78 is 7.00. The van der Waals surface area contributed by atoms with Crippen LogP contribution in [-0.4, -0.2) is 32.9 Å². The Kier molecular flexibility index (Phi) is 6.30. The van der Waals surface area contributed by atoms with Gasteiger partial charge < -0.3 is 9.30 Å². The predicted molar refractivity (Wildman–Crippen MR) is 126 cm³/mol. The molecule has 0 saturated carbocycles. The number of esters is 1. The Bertz CT molecular complexity index is 1240. The minimum Gasteiger partial charge on any atom is -0.468 e. The zero-order valence-electron chi connectivity index (χ0n) is 17.5. The summed E-state index contributed by atoms with van der Waals surface area (Å²) in [6.07, 6.45) is 4.23. The van der Waals surface area contributed by atoms with Crippen LogP contribution in [0.2, 0.25) is 5.02 Å². The SMILES string of the molecule is CC[C@@H](Sc1ncnc2c1c(-c1ccccc1)cn2-c1ccc(C)c(Cl)c1)C(=O)OC. The fraction of sp³-hybridized carbons (Fsp3) is 0.208. The number of nitrogens with zero attached hydrogens (tertiary/aromatic N) is 3. The van der Waals surface area contributed by atoms with E-state index in [1.165, 1.54) is 25.2 Å². The molecule has 0 saturated heterocycles. The highest BCUT2D eigenvalue weighted by atomic mass is 35.5. The predicted octanol–water partition coefficient (Wildman–Crippen LogP) is 6.09. The minimum absolute atomic E-state index is 0.259. The van der Waals surface area contributed by atoms with Crippen LogP contribution in [0.15, 0.2) is 66.1 Å². The number of carbonyl (C=O) groups is 1. The van der Waals surface area contributed by atoms with Crippen molar-refractivity contribution < 1.29 is 9.53 Å². The van der Waals surface area contributed by atoms with Gasteiger partial charge in [0.1, 0.15) is 22.3 Å². The van der Waals surface area contributed by atoms with E-state index in [-0.39, 0.29) is 11.2 Å². The van der Waals surface area contributed by atoms with Gasteiger partial charge in [0.15, 0.2) is 0 Å². The van der Waals surface area contributed by atoms with Crippen molar-refractivity contribution in [2.75, 3.05) is 7.11 Å². The highest BCUT2D eigenvalue weighted by Crippen LogP contribution is 2.39. The molecular formula is C24H22ClN3O2S. The first-order valence-electron chi connectivity index (χ1n) is 9.96. The molecule has 0 aliphatic heterocycles. The maximum absolute atomic E-state index is 12.2. The van der Waals surface area contributed by atoms with E-state index in [0.29, 0.717) is 11.4 Å². The normalized spacial score (nSPS) is 12.1. The van der Waals surface area contributed by atoms with Crippen molar-refractivity contribution in [3.8, 4) is 16.8 Å². The molecule has 158 valence electrons. The lowest BCUT2D eigenvalue weighted by molar-refractivity contribution is -0.140. The number of benzene rings is 2.